The molecule has 0 aliphatic rings. The summed E-state index contributed by atoms with van der Waals surface area (Å²) in [6.07, 6.45) is 1.81. The van der Waals surface area contributed by atoms with E-state index in [1.54, 1.807) is 0 Å². The molecule has 1 aromatic heterocycles. The fourth-order valence-electron chi connectivity index (χ4n) is 0.614. The first-order chi connectivity index (χ1) is 4.79. The third kappa shape index (κ3) is 3.11. The summed E-state index contributed by atoms with van der Waals surface area (Å²) in [4.78, 5) is 4.17. The Hall–Kier alpha value is 0.570. The molecule has 0 aromatic carbocycles. The van der Waals surface area contributed by atoms with Gasteiger partial charge in [-0.05, 0) is 12.1 Å². The van der Waals surface area contributed by atoms with Crippen LogP contribution in [0.2, 0.25) is 0 Å². The summed E-state index contributed by atoms with van der Waals surface area (Å²) >= 11 is 4.45. The SMILES string of the molecule is IN(I)Cc1ccccn1. The number of nitrogens with zero attached hydrogens (tertiary/aromatic N) is 2. The Bertz CT molecular complexity index is 188. The lowest BCUT2D eigenvalue weighted by molar-refractivity contribution is 0.802. The molecule has 54 valence electrons. The van der Waals surface area contributed by atoms with E-state index in [1.807, 2.05) is 25.7 Å². The van der Waals surface area contributed by atoms with Crippen molar-refractivity contribution in [3.63, 3.8) is 0 Å². The molecule has 0 N–H and O–H groups in total. The van der Waals surface area contributed by atoms with E-state index in [4.69, 9.17) is 0 Å². The molecule has 0 unspecified atom stereocenters. The van der Waals surface area contributed by atoms with Crippen LogP contribution in [-0.2, 0) is 6.54 Å². The van der Waals surface area contributed by atoms with Crippen LogP contribution in [0.4, 0.5) is 0 Å². The van der Waals surface area contributed by atoms with Crippen LogP contribution in [0.3, 0.4) is 0 Å². The van der Waals surface area contributed by atoms with Gasteiger partial charge in [0.2, 0.25) is 0 Å². The Morgan fingerprint density at radius 3 is 2.70 bits per heavy atom. The van der Waals surface area contributed by atoms with Crippen LogP contribution in [0, 0.1) is 0 Å². The molecule has 0 radical (unpaired) electrons. The van der Waals surface area contributed by atoms with Gasteiger partial charge in [0.05, 0.1) is 12.2 Å². The fourth-order valence-corrected chi connectivity index (χ4v) is 1.31. The molecule has 0 bridgehead atoms. The van der Waals surface area contributed by atoms with Gasteiger partial charge >= 0.3 is 0 Å². The van der Waals surface area contributed by atoms with Gasteiger partial charge < -0.3 is 0 Å². The second kappa shape index (κ2) is 4.45. The smallest absolute Gasteiger partial charge is 0.0609 e. The summed E-state index contributed by atoms with van der Waals surface area (Å²) in [5.41, 5.74) is 1.10. The minimum absolute atomic E-state index is 0.891. The van der Waals surface area contributed by atoms with E-state index in [0.29, 0.717) is 0 Å². The average Bonchev–Trinajstić information content (AvgIpc) is 1.88. The van der Waals surface area contributed by atoms with Crippen molar-refractivity contribution in [2.75, 3.05) is 0 Å². The zero-order valence-corrected chi connectivity index (χ0v) is 9.48. The minimum Gasteiger partial charge on any atom is -0.260 e. The first-order valence-electron chi connectivity index (χ1n) is 2.78. The van der Waals surface area contributed by atoms with E-state index in [2.05, 4.69) is 50.7 Å². The van der Waals surface area contributed by atoms with Gasteiger partial charge in [-0.15, -0.1) is 0 Å². The standard InChI is InChI=1S/C6H6I2N2/c7-10(8)5-6-3-1-2-4-9-6/h1-4H,5H2. The summed E-state index contributed by atoms with van der Waals surface area (Å²) in [5, 5.41) is 0. The van der Waals surface area contributed by atoms with Crippen LogP contribution < -0.4 is 0 Å². The van der Waals surface area contributed by atoms with Gasteiger partial charge in [0, 0.05) is 51.9 Å². The van der Waals surface area contributed by atoms with E-state index < -0.39 is 0 Å². The highest BCUT2D eigenvalue weighted by atomic mass is 127. The number of hydrogen-bond acceptors (Lipinski definition) is 2. The normalized spacial score (nSPS) is 10.3. The topological polar surface area (TPSA) is 16.1 Å². The number of aromatic nitrogens is 1. The molecule has 2 nitrogen and oxygen atoms in total. The van der Waals surface area contributed by atoms with Gasteiger partial charge in [-0.3, -0.25) is 4.98 Å². The number of rotatable bonds is 2. The fraction of sp³-hybridized carbons (Fsp3) is 0.167. The van der Waals surface area contributed by atoms with E-state index >= 15 is 0 Å². The van der Waals surface area contributed by atoms with Gasteiger partial charge in [-0.1, -0.05) is 6.07 Å². The van der Waals surface area contributed by atoms with Crippen molar-refractivity contribution in [3.05, 3.63) is 30.1 Å². The highest BCUT2D eigenvalue weighted by molar-refractivity contribution is 14.2. The van der Waals surface area contributed by atoms with Gasteiger partial charge in [-0.25, -0.2) is 0 Å². The van der Waals surface area contributed by atoms with Gasteiger partial charge in [-0.2, -0.15) is 1.33 Å². The zero-order valence-electron chi connectivity index (χ0n) is 5.17. The largest absolute Gasteiger partial charge is 0.260 e. The van der Waals surface area contributed by atoms with Gasteiger partial charge in [0.15, 0.2) is 0 Å². The molecule has 0 fully saturated rings. The molecule has 0 amide bonds. The van der Waals surface area contributed by atoms with Crippen molar-refractivity contribution >= 4 is 45.7 Å². The van der Waals surface area contributed by atoms with Gasteiger partial charge in [0.1, 0.15) is 0 Å². The zero-order chi connectivity index (χ0) is 7.40. The van der Waals surface area contributed by atoms with Crippen LogP contribution in [0.15, 0.2) is 24.4 Å². The molecule has 4 heteroatoms. The maximum atomic E-state index is 4.17. The van der Waals surface area contributed by atoms with Crippen molar-refractivity contribution in [2.45, 2.75) is 6.54 Å². The van der Waals surface area contributed by atoms with Crippen molar-refractivity contribution < 1.29 is 0 Å². The molecular formula is C6H6I2N2. The lowest BCUT2D eigenvalue weighted by Gasteiger charge is -2.02. The molecule has 0 spiro atoms. The Morgan fingerprint density at radius 2 is 2.20 bits per heavy atom. The highest BCUT2D eigenvalue weighted by Gasteiger charge is 1.95. The van der Waals surface area contributed by atoms with Crippen LogP contribution in [0.25, 0.3) is 0 Å². The molecule has 1 aromatic rings. The Balaban J connectivity index is 2.59. The predicted octanol–water partition coefficient (Wildman–Crippen LogP) is 2.58. The second-order valence-corrected chi connectivity index (χ2v) is 5.96. The predicted molar refractivity (Wildman–Crippen MR) is 57.8 cm³/mol. The molecule has 0 atom stereocenters. The van der Waals surface area contributed by atoms with Crippen LogP contribution in [0.5, 0.6) is 0 Å². The Kier molecular flexibility index (Phi) is 3.85. The molecule has 0 aliphatic carbocycles. The minimum atomic E-state index is 0.891. The van der Waals surface area contributed by atoms with E-state index in [1.165, 1.54) is 0 Å². The second-order valence-electron chi connectivity index (χ2n) is 1.78. The highest BCUT2D eigenvalue weighted by Crippen LogP contribution is 2.11. The quantitative estimate of drug-likeness (QED) is 0.596. The lowest BCUT2D eigenvalue weighted by Crippen LogP contribution is -1.97. The summed E-state index contributed by atoms with van der Waals surface area (Å²) in [6.45, 7) is 0.891. The summed E-state index contributed by atoms with van der Waals surface area (Å²) in [5.74, 6) is 0. The summed E-state index contributed by atoms with van der Waals surface area (Å²) in [7, 11) is 0. The van der Waals surface area contributed by atoms with Crippen molar-refractivity contribution in [3.8, 4) is 0 Å². The van der Waals surface area contributed by atoms with Crippen molar-refractivity contribution in [1.82, 2.24) is 6.31 Å². The first-order valence-corrected chi connectivity index (χ1v) is 4.71. The summed E-state index contributed by atoms with van der Waals surface area (Å²) < 4.78 is 2.04. The van der Waals surface area contributed by atoms with Crippen LogP contribution in [-0.4, -0.2) is 6.31 Å². The third-order valence-corrected chi connectivity index (χ3v) is 1.69. The third-order valence-electron chi connectivity index (χ3n) is 1.01. The lowest BCUT2D eigenvalue weighted by atomic mass is 10.4. The van der Waals surface area contributed by atoms with E-state index in [9.17, 15) is 0 Å². The maximum Gasteiger partial charge on any atom is 0.0609 e. The Morgan fingerprint density at radius 1 is 1.40 bits per heavy atom. The van der Waals surface area contributed by atoms with Gasteiger partial charge in [0.25, 0.3) is 0 Å². The maximum absolute atomic E-state index is 4.17. The molecule has 0 saturated carbocycles. The molecule has 1 rings (SSSR count). The number of halogens is 2. The average molecular weight is 360 g/mol. The number of hydrogen-bond donors (Lipinski definition) is 0. The molecule has 0 aliphatic heterocycles. The molecule has 0 saturated heterocycles. The van der Waals surface area contributed by atoms with Crippen LogP contribution >= 0.6 is 45.7 Å². The van der Waals surface area contributed by atoms with E-state index in [0.717, 1.165) is 12.2 Å². The molecular weight excluding hydrogens is 354 g/mol. The Labute approximate surface area is 88.0 Å². The van der Waals surface area contributed by atoms with E-state index in [-0.39, 0.29) is 0 Å². The van der Waals surface area contributed by atoms with Crippen LogP contribution in [0.1, 0.15) is 5.69 Å². The van der Waals surface area contributed by atoms with Crippen molar-refractivity contribution in [2.24, 2.45) is 0 Å². The van der Waals surface area contributed by atoms with Crippen molar-refractivity contribution in [1.29, 1.82) is 0 Å². The molecule has 1 heterocycles. The first kappa shape index (κ1) is 8.66. The monoisotopic (exact) mass is 360 g/mol. The number of pyridine rings is 1. The summed E-state index contributed by atoms with van der Waals surface area (Å²) in [6, 6.07) is 5.94. The molecule has 10 heavy (non-hydrogen) atoms.